The zero-order chi connectivity index (χ0) is 20.8. The number of esters is 2. The molecule has 0 aromatic carbocycles. The largest absolute Gasteiger partial charge is 0.465 e. The van der Waals surface area contributed by atoms with E-state index in [2.05, 4.69) is 39.3 Å². The van der Waals surface area contributed by atoms with Crippen molar-refractivity contribution in [3.8, 4) is 0 Å². The van der Waals surface area contributed by atoms with Gasteiger partial charge in [0, 0.05) is 0 Å². The summed E-state index contributed by atoms with van der Waals surface area (Å²) in [6, 6.07) is 0. The highest BCUT2D eigenvalue weighted by Gasteiger charge is 2.59. The predicted molar refractivity (Wildman–Crippen MR) is 111 cm³/mol. The van der Waals surface area contributed by atoms with Crippen LogP contribution in [0.4, 0.5) is 0 Å². The number of carbonyl (C=O) groups excluding carboxylic acids is 3. The molecule has 0 aromatic rings. The molecule has 2 rings (SSSR count). The third-order valence-electron chi connectivity index (χ3n) is 5.21. The third-order valence-corrected chi connectivity index (χ3v) is 9.27. The van der Waals surface area contributed by atoms with E-state index in [1.165, 1.54) is 0 Å². The first kappa shape index (κ1) is 21.8. The van der Waals surface area contributed by atoms with E-state index < -0.39 is 33.5 Å². The Morgan fingerprint density at radius 1 is 0.815 bits per heavy atom. The van der Waals surface area contributed by atoms with Crippen molar-refractivity contribution < 1.29 is 23.9 Å². The van der Waals surface area contributed by atoms with Gasteiger partial charge in [-0.05, 0) is 48.2 Å². The summed E-state index contributed by atoms with van der Waals surface area (Å²) in [7, 11) is -3.91. The van der Waals surface area contributed by atoms with Crippen molar-refractivity contribution in [1.29, 1.82) is 0 Å². The lowest BCUT2D eigenvalue weighted by molar-refractivity contribution is -0.171. The van der Waals surface area contributed by atoms with E-state index in [0.717, 1.165) is 21.5 Å². The Morgan fingerprint density at radius 2 is 1.15 bits per heavy atom. The summed E-state index contributed by atoms with van der Waals surface area (Å²) >= 11 is 0. The average Bonchev–Trinajstić information content (AvgIpc) is 2.98. The van der Waals surface area contributed by atoms with Gasteiger partial charge in [0.05, 0.1) is 29.4 Å². The highest BCUT2D eigenvalue weighted by atomic mass is 28.3. The minimum atomic E-state index is -1.96. The maximum Gasteiger partial charge on any atom is 0.324 e. The van der Waals surface area contributed by atoms with E-state index >= 15 is 0 Å². The first-order valence-electron chi connectivity index (χ1n) is 9.68. The number of hydrogen-bond donors (Lipinski definition) is 0. The van der Waals surface area contributed by atoms with Crippen LogP contribution in [0, 0.1) is 5.41 Å². The first-order valence-corrected chi connectivity index (χ1v) is 16.7. The molecule has 0 amide bonds. The van der Waals surface area contributed by atoms with Gasteiger partial charge in [0.2, 0.25) is 0 Å². The molecule has 2 aliphatic rings. The number of fused-ring (bicyclic) bond motifs is 1. The molecular weight excluding hydrogens is 376 g/mol. The van der Waals surface area contributed by atoms with Gasteiger partial charge in [0.15, 0.2) is 11.2 Å². The summed E-state index contributed by atoms with van der Waals surface area (Å²) in [6.07, 6.45) is 0.443. The van der Waals surface area contributed by atoms with Gasteiger partial charge in [0.1, 0.15) is 0 Å². The summed E-state index contributed by atoms with van der Waals surface area (Å²) in [4.78, 5) is 39.1. The van der Waals surface area contributed by atoms with E-state index in [-0.39, 0.29) is 31.8 Å². The Kier molecular flexibility index (Phi) is 5.79. The zero-order valence-electron chi connectivity index (χ0n) is 17.9. The zero-order valence-corrected chi connectivity index (χ0v) is 19.9. The molecule has 0 atom stereocenters. The van der Waals surface area contributed by atoms with Gasteiger partial charge in [-0.1, -0.05) is 39.3 Å². The fourth-order valence-electron chi connectivity index (χ4n) is 4.25. The average molecular weight is 409 g/mol. The van der Waals surface area contributed by atoms with Crippen molar-refractivity contribution in [2.45, 2.75) is 66.0 Å². The van der Waals surface area contributed by atoms with Gasteiger partial charge in [0.25, 0.3) is 0 Å². The smallest absolute Gasteiger partial charge is 0.324 e. The SMILES string of the molecule is CCOC(=O)C1(C(=O)OCC)CC2=C([Si](C)(C)C)C(=O)C([Si](C)(C)C)=C2C1. The van der Waals surface area contributed by atoms with Gasteiger partial charge in [-0.25, -0.2) is 0 Å². The number of hydrogen-bond acceptors (Lipinski definition) is 5. The fraction of sp³-hybridized carbons (Fsp3) is 0.650. The summed E-state index contributed by atoms with van der Waals surface area (Å²) in [5.74, 6) is -0.898. The first-order chi connectivity index (χ1) is 12.3. The molecule has 0 aliphatic heterocycles. The van der Waals surface area contributed by atoms with Gasteiger partial charge in [-0.15, -0.1) is 0 Å². The number of carbonyl (C=O) groups is 3. The Bertz CT molecular complexity index is 685. The van der Waals surface area contributed by atoms with Crippen LogP contribution in [-0.4, -0.2) is 47.1 Å². The molecule has 0 aromatic heterocycles. The second-order valence-electron chi connectivity index (χ2n) is 9.41. The van der Waals surface area contributed by atoms with Gasteiger partial charge < -0.3 is 9.47 Å². The number of Topliss-reactive ketones (excluding diaryl/α,β-unsaturated/α-hetero) is 1. The highest BCUT2D eigenvalue weighted by molar-refractivity contribution is 6.94. The van der Waals surface area contributed by atoms with Crippen LogP contribution in [0.25, 0.3) is 0 Å². The van der Waals surface area contributed by atoms with Crippen LogP contribution in [-0.2, 0) is 23.9 Å². The predicted octanol–water partition coefficient (Wildman–Crippen LogP) is 3.82. The summed E-state index contributed by atoms with van der Waals surface area (Å²) < 4.78 is 10.6. The number of ketones is 1. The molecule has 0 radical (unpaired) electrons. The molecule has 0 N–H and O–H groups in total. The van der Waals surface area contributed by atoms with Crippen molar-refractivity contribution in [2.75, 3.05) is 13.2 Å². The number of ether oxygens (including phenoxy) is 2. The molecule has 1 saturated carbocycles. The van der Waals surface area contributed by atoms with Gasteiger partial charge >= 0.3 is 11.9 Å². The Labute approximate surface area is 164 Å². The van der Waals surface area contributed by atoms with Crippen LogP contribution in [0.1, 0.15) is 26.7 Å². The fourth-order valence-corrected chi connectivity index (χ4v) is 8.28. The van der Waals surface area contributed by atoms with Gasteiger partial charge in [-0.2, -0.15) is 0 Å². The lowest BCUT2D eigenvalue weighted by Gasteiger charge is -2.27. The highest BCUT2D eigenvalue weighted by Crippen LogP contribution is 2.54. The molecule has 0 bridgehead atoms. The molecule has 7 heteroatoms. The number of rotatable bonds is 6. The monoisotopic (exact) mass is 408 g/mol. The molecule has 0 saturated heterocycles. The Hall–Kier alpha value is -1.48. The standard InChI is InChI=1S/C20H32O5Si2/c1-9-24-18(22)20(19(23)25-10-2)11-13-14(12-20)17(27(6,7)8)15(21)16(13)26(3,4)5/h9-12H2,1-8H3. The summed E-state index contributed by atoms with van der Waals surface area (Å²) in [5.41, 5.74) is 0.503. The topological polar surface area (TPSA) is 69.7 Å². The van der Waals surface area contributed by atoms with Crippen molar-refractivity contribution in [3.05, 3.63) is 21.5 Å². The second-order valence-corrected chi connectivity index (χ2v) is 19.4. The molecule has 150 valence electrons. The minimum absolute atomic E-state index is 0.166. The second kappa shape index (κ2) is 7.16. The maximum absolute atomic E-state index is 13.3. The Balaban J connectivity index is 2.71. The van der Waals surface area contributed by atoms with Crippen LogP contribution < -0.4 is 0 Å². The minimum Gasteiger partial charge on any atom is -0.465 e. The quantitative estimate of drug-likeness (QED) is 0.379. The molecule has 5 nitrogen and oxygen atoms in total. The summed E-state index contributed by atoms with van der Waals surface area (Å²) in [5, 5.41) is 1.76. The van der Waals surface area contributed by atoms with Crippen molar-refractivity contribution in [1.82, 2.24) is 0 Å². The molecule has 27 heavy (non-hydrogen) atoms. The van der Waals surface area contributed by atoms with Crippen molar-refractivity contribution >= 4 is 33.9 Å². The van der Waals surface area contributed by atoms with Crippen molar-refractivity contribution in [2.24, 2.45) is 5.41 Å². The van der Waals surface area contributed by atoms with E-state index in [1.807, 2.05) is 0 Å². The normalized spacial score (nSPS) is 19.5. The van der Waals surface area contributed by atoms with Gasteiger partial charge in [-0.3, -0.25) is 14.4 Å². The molecule has 0 unspecified atom stereocenters. The molecular formula is C20H32O5Si2. The van der Waals surface area contributed by atoms with Crippen LogP contribution in [0.3, 0.4) is 0 Å². The molecule has 1 fully saturated rings. The van der Waals surface area contributed by atoms with E-state index in [1.54, 1.807) is 13.8 Å². The van der Waals surface area contributed by atoms with Crippen LogP contribution >= 0.6 is 0 Å². The molecule has 0 heterocycles. The van der Waals surface area contributed by atoms with E-state index in [9.17, 15) is 14.4 Å². The summed E-state index contributed by atoms with van der Waals surface area (Å²) in [6.45, 7) is 16.8. The Morgan fingerprint density at radius 3 is 1.41 bits per heavy atom. The van der Waals surface area contributed by atoms with Crippen LogP contribution in [0.2, 0.25) is 39.3 Å². The van der Waals surface area contributed by atoms with Crippen LogP contribution in [0.5, 0.6) is 0 Å². The van der Waals surface area contributed by atoms with E-state index in [4.69, 9.17) is 9.47 Å². The lowest BCUT2D eigenvalue weighted by Crippen LogP contribution is -2.41. The lowest BCUT2D eigenvalue weighted by atomic mass is 9.85. The number of allylic oxidation sites excluding steroid dienone is 4. The molecule has 0 spiro atoms. The third kappa shape index (κ3) is 3.63. The van der Waals surface area contributed by atoms with E-state index in [0.29, 0.717) is 0 Å². The van der Waals surface area contributed by atoms with Crippen LogP contribution in [0.15, 0.2) is 21.5 Å². The van der Waals surface area contributed by atoms with Crippen molar-refractivity contribution in [3.63, 3.8) is 0 Å². The molecule has 2 aliphatic carbocycles. The maximum atomic E-state index is 13.3.